The van der Waals surface area contributed by atoms with Crippen molar-refractivity contribution < 1.29 is 22.5 Å². The van der Waals surface area contributed by atoms with E-state index in [0.717, 1.165) is 0 Å². The van der Waals surface area contributed by atoms with E-state index >= 15 is 0 Å². The van der Waals surface area contributed by atoms with E-state index in [4.69, 9.17) is 4.52 Å². The van der Waals surface area contributed by atoms with Gasteiger partial charge in [0.1, 0.15) is 0 Å². The molecule has 0 atom stereocenters. The van der Waals surface area contributed by atoms with E-state index in [-0.39, 0.29) is 0 Å². The first-order chi connectivity index (χ1) is 8.85. The van der Waals surface area contributed by atoms with Gasteiger partial charge in [-0.1, -0.05) is 5.16 Å². The standard InChI is InChI=1S/C10H8F3N3O2S/c1-5-7-2-6(3-14-9(7)18-16-5)15-8(17)4-19-10(11,12)13/h2-3H,4H2,1H3,(H,15,17). The summed E-state index contributed by atoms with van der Waals surface area (Å²) in [4.78, 5) is 15.2. The zero-order chi connectivity index (χ0) is 14.0. The number of aryl methyl sites for hydroxylation is 1. The van der Waals surface area contributed by atoms with Crippen LogP contribution in [-0.4, -0.2) is 27.3 Å². The molecule has 2 rings (SSSR count). The number of carbonyl (C=O) groups is 1. The van der Waals surface area contributed by atoms with Crippen molar-refractivity contribution in [1.29, 1.82) is 0 Å². The Morgan fingerprint density at radius 1 is 1.53 bits per heavy atom. The van der Waals surface area contributed by atoms with Gasteiger partial charge in [0, 0.05) is 0 Å². The highest BCUT2D eigenvalue weighted by molar-refractivity contribution is 8.00. The third-order valence-electron chi connectivity index (χ3n) is 2.16. The van der Waals surface area contributed by atoms with Crippen molar-refractivity contribution in [3.05, 3.63) is 18.0 Å². The lowest BCUT2D eigenvalue weighted by molar-refractivity contribution is -0.114. The summed E-state index contributed by atoms with van der Waals surface area (Å²) >= 11 is -0.394. The molecule has 2 heterocycles. The van der Waals surface area contributed by atoms with Crippen molar-refractivity contribution >= 4 is 34.5 Å². The van der Waals surface area contributed by atoms with Gasteiger partial charge in [-0.05, 0) is 24.8 Å². The summed E-state index contributed by atoms with van der Waals surface area (Å²) in [6, 6.07) is 1.55. The van der Waals surface area contributed by atoms with Gasteiger partial charge in [0.2, 0.25) is 5.91 Å². The Morgan fingerprint density at radius 3 is 2.95 bits per heavy atom. The van der Waals surface area contributed by atoms with Crippen molar-refractivity contribution in [2.75, 3.05) is 11.1 Å². The smallest absolute Gasteiger partial charge is 0.336 e. The van der Waals surface area contributed by atoms with Gasteiger partial charge in [-0.2, -0.15) is 13.2 Å². The van der Waals surface area contributed by atoms with Crippen LogP contribution in [0.3, 0.4) is 0 Å². The molecule has 0 bridgehead atoms. The van der Waals surface area contributed by atoms with E-state index in [0.29, 0.717) is 22.5 Å². The van der Waals surface area contributed by atoms with E-state index in [2.05, 4.69) is 15.5 Å². The van der Waals surface area contributed by atoms with Crippen LogP contribution >= 0.6 is 11.8 Å². The summed E-state index contributed by atoms with van der Waals surface area (Å²) in [5.41, 5.74) is -3.24. The average Bonchev–Trinajstić information content (AvgIpc) is 2.68. The monoisotopic (exact) mass is 291 g/mol. The van der Waals surface area contributed by atoms with Gasteiger partial charge in [0.15, 0.2) is 0 Å². The Kier molecular flexibility index (Phi) is 3.65. The minimum atomic E-state index is -4.43. The summed E-state index contributed by atoms with van der Waals surface area (Å²) in [6.45, 7) is 1.69. The number of halogens is 3. The first-order valence-corrected chi connectivity index (χ1v) is 6.06. The fourth-order valence-corrected chi connectivity index (χ4v) is 1.72. The van der Waals surface area contributed by atoms with Gasteiger partial charge >= 0.3 is 5.51 Å². The number of hydrogen-bond donors (Lipinski definition) is 1. The highest BCUT2D eigenvalue weighted by Crippen LogP contribution is 2.30. The lowest BCUT2D eigenvalue weighted by atomic mass is 10.2. The molecule has 0 unspecified atom stereocenters. The average molecular weight is 291 g/mol. The Morgan fingerprint density at radius 2 is 2.26 bits per heavy atom. The van der Waals surface area contributed by atoms with Gasteiger partial charge in [-0.15, -0.1) is 0 Å². The molecule has 102 valence electrons. The van der Waals surface area contributed by atoms with Crippen molar-refractivity contribution in [2.45, 2.75) is 12.4 Å². The predicted molar refractivity (Wildman–Crippen MR) is 63.7 cm³/mol. The number of thioether (sulfide) groups is 1. The number of pyridine rings is 1. The van der Waals surface area contributed by atoms with E-state index in [1.165, 1.54) is 6.20 Å². The van der Waals surface area contributed by atoms with Gasteiger partial charge in [0.05, 0.1) is 28.7 Å². The molecule has 0 saturated heterocycles. The molecule has 0 aliphatic rings. The largest absolute Gasteiger partial charge is 0.442 e. The van der Waals surface area contributed by atoms with Crippen molar-refractivity contribution in [3.63, 3.8) is 0 Å². The number of hydrogen-bond acceptors (Lipinski definition) is 5. The normalized spacial score (nSPS) is 11.8. The summed E-state index contributed by atoms with van der Waals surface area (Å²) in [5.74, 6) is -1.46. The van der Waals surface area contributed by atoms with Crippen LogP contribution in [-0.2, 0) is 4.79 Å². The van der Waals surface area contributed by atoms with Crippen molar-refractivity contribution in [3.8, 4) is 0 Å². The van der Waals surface area contributed by atoms with Gasteiger partial charge in [-0.25, -0.2) is 4.98 Å². The van der Waals surface area contributed by atoms with Crippen LogP contribution in [0.15, 0.2) is 16.8 Å². The van der Waals surface area contributed by atoms with Gasteiger partial charge < -0.3 is 9.84 Å². The fourth-order valence-electron chi connectivity index (χ4n) is 1.36. The van der Waals surface area contributed by atoms with Crippen LogP contribution in [0.2, 0.25) is 0 Å². The van der Waals surface area contributed by atoms with E-state index < -0.39 is 28.9 Å². The molecule has 1 N–H and O–H groups in total. The zero-order valence-corrected chi connectivity index (χ0v) is 10.4. The molecule has 19 heavy (non-hydrogen) atoms. The van der Waals surface area contributed by atoms with Gasteiger partial charge in [0.25, 0.3) is 5.71 Å². The number of amides is 1. The number of alkyl halides is 3. The molecule has 0 spiro atoms. The molecular weight excluding hydrogens is 283 g/mol. The van der Waals surface area contributed by atoms with E-state index in [9.17, 15) is 18.0 Å². The molecule has 0 fully saturated rings. The summed E-state index contributed by atoms with van der Waals surface area (Å²) in [7, 11) is 0. The van der Waals surface area contributed by atoms with Crippen molar-refractivity contribution in [2.24, 2.45) is 0 Å². The maximum atomic E-state index is 11.9. The molecule has 0 aromatic carbocycles. The Balaban J connectivity index is 2.04. The number of fused-ring (bicyclic) bond motifs is 1. The number of anilines is 1. The maximum absolute atomic E-state index is 11.9. The SMILES string of the molecule is Cc1noc2ncc(NC(=O)CSC(F)(F)F)cc12. The molecule has 0 saturated carbocycles. The van der Waals surface area contributed by atoms with E-state index in [1.807, 2.05) is 0 Å². The van der Waals surface area contributed by atoms with Crippen molar-refractivity contribution in [1.82, 2.24) is 10.1 Å². The molecule has 9 heteroatoms. The van der Waals surface area contributed by atoms with Crippen LogP contribution in [0.25, 0.3) is 11.1 Å². The lowest BCUT2D eigenvalue weighted by Gasteiger charge is -2.06. The second-order valence-electron chi connectivity index (χ2n) is 3.63. The number of nitrogens with one attached hydrogen (secondary N) is 1. The number of aromatic nitrogens is 2. The molecule has 0 aliphatic carbocycles. The third-order valence-corrected chi connectivity index (χ3v) is 2.89. The van der Waals surface area contributed by atoms with Crippen LogP contribution in [0.4, 0.5) is 18.9 Å². The van der Waals surface area contributed by atoms with E-state index in [1.54, 1.807) is 13.0 Å². The van der Waals surface area contributed by atoms with Crippen LogP contribution < -0.4 is 5.32 Å². The van der Waals surface area contributed by atoms with Crippen LogP contribution in [0.1, 0.15) is 5.69 Å². The molecule has 2 aromatic rings. The third kappa shape index (κ3) is 3.60. The second-order valence-corrected chi connectivity index (χ2v) is 4.67. The quantitative estimate of drug-likeness (QED) is 0.941. The fraction of sp³-hybridized carbons (Fsp3) is 0.300. The topological polar surface area (TPSA) is 68.0 Å². The molecular formula is C10H8F3N3O2S. The Hall–Kier alpha value is -1.77. The highest BCUT2D eigenvalue weighted by atomic mass is 32.2. The summed E-state index contributed by atoms with van der Waals surface area (Å²) < 4.78 is 40.6. The number of carbonyl (C=O) groups excluding carboxylic acids is 1. The first-order valence-electron chi connectivity index (χ1n) is 5.08. The number of nitrogens with zero attached hydrogens (tertiary/aromatic N) is 2. The highest BCUT2D eigenvalue weighted by Gasteiger charge is 2.29. The molecule has 1 amide bonds. The minimum absolute atomic E-state index is 0.298. The molecule has 0 radical (unpaired) electrons. The zero-order valence-electron chi connectivity index (χ0n) is 9.61. The Labute approximate surface area is 109 Å². The minimum Gasteiger partial charge on any atom is -0.336 e. The van der Waals surface area contributed by atoms with Crippen LogP contribution in [0.5, 0.6) is 0 Å². The maximum Gasteiger partial charge on any atom is 0.442 e. The summed E-state index contributed by atoms with van der Waals surface area (Å²) in [6.07, 6.45) is 1.29. The molecule has 5 nitrogen and oxygen atoms in total. The lowest BCUT2D eigenvalue weighted by Crippen LogP contribution is -2.17. The summed E-state index contributed by atoms with van der Waals surface area (Å²) in [5, 5.41) is 6.61. The number of rotatable bonds is 3. The second kappa shape index (κ2) is 5.08. The predicted octanol–water partition coefficient (Wildman–Crippen LogP) is 2.72. The molecule has 0 aliphatic heterocycles. The molecule has 2 aromatic heterocycles. The van der Waals surface area contributed by atoms with Gasteiger partial charge in [-0.3, -0.25) is 4.79 Å². The first kappa shape index (κ1) is 13.7. The Bertz CT molecular complexity index is 612. The van der Waals surface area contributed by atoms with Crippen LogP contribution in [0, 0.1) is 6.92 Å².